The molecule has 0 saturated heterocycles. The molecule has 0 aliphatic rings. The van der Waals surface area contributed by atoms with Crippen molar-refractivity contribution in [1.29, 1.82) is 0 Å². The second-order valence-electron chi connectivity index (χ2n) is 14.9. The molecule has 0 saturated carbocycles. The molecule has 0 radical (unpaired) electrons. The lowest BCUT2D eigenvalue weighted by Gasteiger charge is -2.34. The number of hydrogen-bond acceptors (Lipinski definition) is 3. The SMILES string of the molecule is CC(C)(C)c1ccc2c(N(c3ccccc3)c3cccc(O)c3)c3cc(C(C)(C)C)ccc3c(N(c3ccccc3)c3ccccc3)c2c1. The predicted octanol–water partition coefficient (Wildman–Crippen LogP) is 13.2. The largest absolute Gasteiger partial charge is 0.508 e. The van der Waals surface area contributed by atoms with Gasteiger partial charge >= 0.3 is 0 Å². The smallest absolute Gasteiger partial charge is 0.117 e. The Labute approximate surface area is 290 Å². The van der Waals surface area contributed by atoms with Crippen LogP contribution in [0.25, 0.3) is 21.5 Å². The molecule has 0 spiro atoms. The number of anilines is 6. The summed E-state index contributed by atoms with van der Waals surface area (Å²) >= 11 is 0. The molecule has 3 nitrogen and oxygen atoms in total. The molecule has 0 fully saturated rings. The number of phenols is 1. The molecular weight excluding hydrogens is 597 g/mol. The van der Waals surface area contributed by atoms with Gasteiger partial charge in [0.1, 0.15) is 5.75 Å². The minimum atomic E-state index is -0.0716. The number of benzene rings is 7. The summed E-state index contributed by atoms with van der Waals surface area (Å²) in [5.41, 5.74) is 8.72. The highest BCUT2D eigenvalue weighted by Crippen LogP contribution is 2.52. The lowest BCUT2D eigenvalue weighted by Crippen LogP contribution is -2.16. The quantitative estimate of drug-likeness (QED) is 0.145. The fraction of sp³-hybridized carbons (Fsp3) is 0.174. The lowest BCUT2D eigenvalue weighted by molar-refractivity contribution is 0.475. The lowest BCUT2D eigenvalue weighted by atomic mass is 9.82. The Kier molecular flexibility index (Phi) is 8.16. The second-order valence-corrected chi connectivity index (χ2v) is 14.9. The first kappa shape index (κ1) is 32.0. The third kappa shape index (κ3) is 6.13. The van der Waals surface area contributed by atoms with E-state index >= 15 is 0 Å². The molecule has 7 rings (SSSR count). The average Bonchev–Trinajstić information content (AvgIpc) is 3.09. The molecule has 1 N–H and O–H groups in total. The van der Waals surface area contributed by atoms with Crippen molar-refractivity contribution in [2.24, 2.45) is 0 Å². The van der Waals surface area contributed by atoms with Crippen molar-refractivity contribution in [3.8, 4) is 5.75 Å². The standard InChI is InChI=1S/C46H44N2O/c1-45(2,3)32-26-28-40-41(29-32)43(47(34-17-10-7-11-18-34)35-19-12-8-13-20-35)39-27-25-33(46(4,5)6)30-42(39)44(40)48(36-21-14-9-15-22-36)37-23-16-24-38(49)31-37/h7-31,49H,1-6H3. The Hall–Kier alpha value is -5.54. The van der Waals surface area contributed by atoms with Crippen LogP contribution in [-0.4, -0.2) is 5.11 Å². The van der Waals surface area contributed by atoms with Crippen molar-refractivity contribution in [3.63, 3.8) is 0 Å². The molecule has 0 bridgehead atoms. The maximum Gasteiger partial charge on any atom is 0.117 e. The van der Waals surface area contributed by atoms with E-state index < -0.39 is 0 Å². The maximum atomic E-state index is 10.8. The van der Waals surface area contributed by atoms with Crippen LogP contribution in [0.3, 0.4) is 0 Å². The Bertz CT molecular complexity index is 2210. The molecule has 0 aliphatic carbocycles. The molecule has 0 aromatic heterocycles. The van der Waals surface area contributed by atoms with Gasteiger partial charge in [-0.3, -0.25) is 0 Å². The number of nitrogens with zero attached hydrogens (tertiary/aromatic N) is 2. The average molecular weight is 641 g/mol. The zero-order valence-electron chi connectivity index (χ0n) is 29.3. The fourth-order valence-electron chi connectivity index (χ4n) is 6.78. The molecule has 0 aliphatic heterocycles. The highest BCUT2D eigenvalue weighted by molar-refractivity contribution is 6.23. The molecule has 49 heavy (non-hydrogen) atoms. The predicted molar refractivity (Wildman–Crippen MR) is 210 cm³/mol. The van der Waals surface area contributed by atoms with Crippen molar-refractivity contribution in [3.05, 3.63) is 163 Å². The van der Waals surface area contributed by atoms with Gasteiger partial charge < -0.3 is 14.9 Å². The van der Waals surface area contributed by atoms with Crippen LogP contribution in [0.4, 0.5) is 34.1 Å². The van der Waals surface area contributed by atoms with E-state index in [2.05, 4.69) is 179 Å². The van der Waals surface area contributed by atoms with Gasteiger partial charge in [0.25, 0.3) is 0 Å². The number of rotatable bonds is 6. The first-order chi connectivity index (χ1) is 23.5. The third-order valence-electron chi connectivity index (χ3n) is 9.37. The van der Waals surface area contributed by atoms with E-state index in [0.717, 1.165) is 55.7 Å². The van der Waals surface area contributed by atoms with Crippen LogP contribution in [0.1, 0.15) is 52.7 Å². The van der Waals surface area contributed by atoms with Gasteiger partial charge in [0.2, 0.25) is 0 Å². The number of fused-ring (bicyclic) bond motifs is 2. The number of para-hydroxylation sites is 3. The maximum absolute atomic E-state index is 10.8. The van der Waals surface area contributed by atoms with Crippen LogP contribution >= 0.6 is 0 Å². The number of hydrogen-bond donors (Lipinski definition) is 1. The molecule has 7 aromatic carbocycles. The Morgan fingerprint density at radius 3 is 1.10 bits per heavy atom. The number of aromatic hydroxyl groups is 1. The van der Waals surface area contributed by atoms with Crippen molar-refractivity contribution in [2.75, 3.05) is 9.80 Å². The topological polar surface area (TPSA) is 26.7 Å². The van der Waals surface area contributed by atoms with E-state index in [4.69, 9.17) is 0 Å². The Balaban J connectivity index is 1.72. The normalized spacial score (nSPS) is 12.0. The summed E-state index contributed by atoms with van der Waals surface area (Å²) in [4.78, 5) is 4.73. The van der Waals surface area contributed by atoms with Gasteiger partial charge in [0.05, 0.1) is 11.4 Å². The van der Waals surface area contributed by atoms with Gasteiger partial charge in [-0.25, -0.2) is 0 Å². The van der Waals surface area contributed by atoms with Crippen LogP contribution in [-0.2, 0) is 10.8 Å². The summed E-state index contributed by atoms with van der Waals surface area (Å²) in [6.45, 7) is 13.7. The summed E-state index contributed by atoms with van der Waals surface area (Å²) in [5, 5.41) is 15.4. The zero-order valence-corrected chi connectivity index (χ0v) is 29.3. The molecule has 0 amide bonds. The highest BCUT2D eigenvalue weighted by Gasteiger charge is 2.28. The molecule has 0 heterocycles. The van der Waals surface area contributed by atoms with Crippen LogP contribution in [0.15, 0.2) is 152 Å². The van der Waals surface area contributed by atoms with E-state index in [0.29, 0.717) is 0 Å². The van der Waals surface area contributed by atoms with E-state index in [9.17, 15) is 5.11 Å². The van der Waals surface area contributed by atoms with E-state index in [1.807, 2.05) is 18.2 Å². The molecule has 3 heteroatoms. The van der Waals surface area contributed by atoms with Crippen molar-refractivity contribution >= 4 is 55.7 Å². The van der Waals surface area contributed by atoms with Gasteiger partial charge in [-0.05, 0) is 82.6 Å². The monoisotopic (exact) mass is 640 g/mol. The van der Waals surface area contributed by atoms with Gasteiger partial charge in [0.15, 0.2) is 0 Å². The summed E-state index contributed by atoms with van der Waals surface area (Å²) < 4.78 is 0. The highest BCUT2D eigenvalue weighted by atomic mass is 16.3. The van der Waals surface area contributed by atoms with Crippen molar-refractivity contribution < 1.29 is 5.11 Å². The molecular formula is C46H44N2O. The van der Waals surface area contributed by atoms with Gasteiger partial charge in [-0.1, -0.05) is 126 Å². The van der Waals surface area contributed by atoms with Crippen LogP contribution in [0.2, 0.25) is 0 Å². The second kappa shape index (κ2) is 12.5. The van der Waals surface area contributed by atoms with Crippen LogP contribution in [0.5, 0.6) is 5.75 Å². The summed E-state index contributed by atoms with van der Waals surface area (Å²) in [7, 11) is 0. The van der Waals surface area contributed by atoms with Crippen LogP contribution < -0.4 is 9.80 Å². The summed E-state index contributed by atoms with van der Waals surface area (Å²) in [6.07, 6.45) is 0. The van der Waals surface area contributed by atoms with E-state index in [1.54, 1.807) is 6.07 Å². The van der Waals surface area contributed by atoms with Crippen LogP contribution in [0, 0.1) is 0 Å². The first-order valence-corrected chi connectivity index (χ1v) is 17.1. The number of phenolic OH excluding ortho intramolecular Hbond substituents is 1. The summed E-state index contributed by atoms with van der Waals surface area (Å²) in [5.74, 6) is 0.230. The van der Waals surface area contributed by atoms with Crippen molar-refractivity contribution in [1.82, 2.24) is 0 Å². The zero-order chi connectivity index (χ0) is 34.3. The van der Waals surface area contributed by atoms with Gasteiger partial charge in [-0.2, -0.15) is 0 Å². The van der Waals surface area contributed by atoms with Crippen molar-refractivity contribution in [2.45, 2.75) is 52.4 Å². The Morgan fingerprint density at radius 1 is 0.367 bits per heavy atom. The molecule has 7 aromatic rings. The van der Waals surface area contributed by atoms with E-state index in [1.165, 1.54) is 11.1 Å². The fourth-order valence-corrected chi connectivity index (χ4v) is 6.78. The minimum Gasteiger partial charge on any atom is -0.508 e. The molecule has 0 unspecified atom stereocenters. The van der Waals surface area contributed by atoms with E-state index in [-0.39, 0.29) is 16.6 Å². The minimum absolute atomic E-state index is 0.0642. The summed E-state index contributed by atoms with van der Waals surface area (Å²) in [6, 6.07) is 53.5. The first-order valence-electron chi connectivity index (χ1n) is 17.1. The van der Waals surface area contributed by atoms with Gasteiger partial charge in [-0.15, -0.1) is 0 Å². The Morgan fingerprint density at radius 2 is 0.735 bits per heavy atom. The molecule has 0 atom stereocenters. The van der Waals surface area contributed by atoms with Gasteiger partial charge in [0, 0.05) is 50.4 Å². The molecule has 244 valence electrons. The third-order valence-corrected chi connectivity index (χ3v) is 9.37.